The summed E-state index contributed by atoms with van der Waals surface area (Å²) in [7, 11) is 0. The van der Waals surface area contributed by atoms with Gasteiger partial charge in [0, 0.05) is 42.3 Å². The number of allylic oxidation sites excluding steroid dienone is 2. The highest BCUT2D eigenvalue weighted by Gasteiger charge is 2.44. The van der Waals surface area contributed by atoms with Crippen molar-refractivity contribution in [1.29, 1.82) is 5.26 Å². The molecule has 0 spiro atoms. The first-order valence-corrected chi connectivity index (χ1v) is 16.4. The van der Waals surface area contributed by atoms with Gasteiger partial charge in [0.2, 0.25) is 0 Å². The molecule has 0 bridgehead atoms. The summed E-state index contributed by atoms with van der Waals surface area (Å²) in [6.45, 7) is 4.43. The fourth-order valence-corrected chi connectivity index (χ4v) is 7.72. The zero-order valence-corrected chi connectivity index (χ0v) is 25.5. The van der Waals surface area contributed by atoms with Gasteiger partial charge in [-0.3, -0.25) is 9.69 Å². The second-order valence-electron chi connectivity index (χ2n) is 11.8. The third-order valence-corrected chi connectivity index (χ3v) is 10.4. The van der Waals surface area contributed by atoms with Gasteiger partial charge in [0.15, 0.2) is 0 Å². The number of carbonyl (C=O) groups is 1. The van der Waals surface area contributed by atoms with Gasteiger partial charge in [-0.05, 0) is 69.4 Å². The van der Waals surface area contributed by atoms with Crippen LogP contribution in [0.15, 0.2) is 36.4 Å². The molecule has 41 heavy (non-hydrogen) atoms. The molecule has 9 heteroatoms. The van der Waals surface area contributed by atoms with Gasteiger partial charge in [-0.1, -0.05) is 42.3 Å². The summed E-state index contributed by atoms with van der Waals surface area (Å²) < 4.78 is 11.5. The molecular weight excluding hydrogens is 560 g/mol. The first-order valence-electron chi connectivity index (χ1n) is 15.2. The number of unbranched alkanes of at least 4 members (excludes halogenated alkanes) is 1. The van der Waals surface area contributed by atoms with Crippen molar-refractivity contribution in [3.8, 4) is 6.07 Å². The number of aliphatic hydroxyl groups is 2. The van der Waals surface area contributed by atoms with Crippen LogP contribution in [0, 0.1) is 34.5 Å². The molecule has 1 aromatic rings. The van der Waals surface area contributed by atoms with Crippen LogP contribution in [0.3, 0.4) is 0 Å². The quantitative estimate of drug-likeness (QED) is 0.154. The first-order chi connectivity index (χ1) is 19.9. The van der Waals surface area contributed by atoms with Crippen molar-refractivity contribution < 1.29 is 24.5 Å². The molecule has 5 atom stereocenters. The van der Waals surface area contributed by atoms with Gasteiger partial charge in [0.05, 0.1) is 41.7 Å². The van der Waals surface area contributed by atoms with E-state index in [-0.39, 0.29) is 29.1 Å². The molecule has 4 rings (SSSR count). The average Bonchev–Trinajstić information content (AvgIpc) is 3.50. The van der Waals surface area contributed by atoms with Gasteiger partial charge < -0.3 is 19.7 Å². The molecule has 1 aliphatic heterocycles. The molecule has 2 heterocycles. The van der Waals surface area contributed by atoms with Gasteiger partial charge in [0.25, 0.3) is 0 Å². The van der Waals surface area contributed by atoms with E-state index < -0.39 is 12.2 Å². The minimum Gasteiger partial charge on any atom is -0.464 e. The highest BCUT2D eigenvalue weighted by Crippen LogP contribution is 2.49. The number of hydrogen-bond acceptors (Lipinski definition) is 8. The minimum atomic E-state index is -0.551. The molecule has 3 fully saturated rings. The van der Waals surface area contributed by atoms with Gasteiger partial charge in [-0.15, -0.1) is 11.3 Å². The van der Waals surface area contributed by atoms with Crippen LogP contribution < -0.4 is 0 Å². The van der Waals surface area contributed by atoms with Gasteiger partial charge >= 0.3 is 5.97 Å². The van der Waals surface area contributed by atoms with Crippen LogP contribution in [-0.2, 0) is 20.7 Å². The van der Waals surface area contributed by atoms with Crippen LogP contribution in [0.25, 0.3) is 0 Å². The molecule has 226 valence electrons. The molecule has 0 amide bonds. The summed E-state index contributed by atoms with van der Waals surface area (Å²) >= 11 is 7.71. The predicted octanol–water partition coefficient (Wildman–Crippen LogP) is 5.55. The lowest BCUT2D eigenvalue weighted by molar-refractivity contribution is -0.144. The number of aliphatic hydroxyl groups excluding tert-OH is 2. The second kappa shape index (κ2) is 16.2. The van der Waals surface area contributed by atoms with E-state index in [1.54, 1.807) is 11.3 Å². The molecule has 1 saturated heterocycles. The van der Waals surface area contributed by atoms with Crippen LogP contribution in [0.5, 0.6) is 0 Å². The number of nitriles is 1. The fraction of sp³-hybridized carbons (Fsp3) is 0.688. The molecule has 0 radical (unpaired) electrons. The molecule has 2 N–H and O–H groups in total. The Balaban J connectivity index is 1.18. The minimum absolute atomic E-state index is 0.0377. The molecule has 7 nitrogen and oxygen atoms in total. The van der Waals surface area contributed by atoms with Crippen molar-refractivity contribution in [1.82, 2.24) is 4.90 Å². The Hall–Kier alpha value is -1.73. The van der Waals surface area contributed by atoms with Gasteiger partial charge in [-0.2, -0.15) is 5.26 Å². The van der Waals surface area contributed by atoms with Crippen molar-refractivity contribution in [2.45, 2.75) is 76.4 Å². The summed E-state index contributed by atoms with van der Waals surface area (Å²) in [6, 6.07) is 6.38. The molecule has 1 unspecified atom stereocenters. The number of rotatable bonds is 15. The maximum atomic E-state index is 12.0. The Labute approximate surface area is 253 Å². The van der Waals surface area contributed by atoms with Crippen LogP contribution >= 0.6 is 22.9 Å². The lowest BCUT2D eigenvalue weighted by Crippen LogP contribution is -2.42. The van der Waals surface area contributed by atoms with Crippen molar-refractivity contribution in [3.63, 3.8) is 0 Å². The molecule has 1 aromatic heterocycles. The Morgan fingerprint density at radius 2 is 2.10 bits per heavy atom. The number of hydrogen-bond donors (Lipinski definition) is 2. The maximum absolute atomic E-state index is 12.0. The standard InChI is InChI=1S/C32H45ClN2O5S/c33-30-12-11-25(41-30)22-32(13-6-14-32)29(37)9-5-8-27-26(24(23-34)21-28(27)36)7-3-1-2-4-10-31(38)40-20-17-35-15-18-39-19-16-35/h1,3,5,8,11-12,24,26-29,36-37H,2,4,6-7,9-10,13-22H2/t24-,26-,27+,28+,29?/m0/s1. The number of ether oxygens (including phenoxy) is 2. The molecule has 2 saturated carbocycles. The van der Waals surface area contributed by atoms with Crippen LogP contribution in [0.1, 0.15) is 62.7 Å². The van der Waals surface area contributed by atoms with Crippen molar-refractivity contribution in [3.05, 3.63) is 45.7 Å². The van der Waals surface area contributed by atoms with E-state index in [1.807, 2.05) is 18.2 Å². The molecule has 2 aliphatic carbocycles. The summed E-state index contributed by atoms with van der Waals surface area (Å²) in [4.78, 5) is 15.5. The average molecular weight is 605 g/mol. The number of esters is 1. The Morgan fingerprint density at radius 1 is 1.29 bits per heavy atom. The maximum Gasteiger partial charge on any atom is 0.305 e. The summed E-state index contributed by atoms with van der Waals surface area (Å²) in [5.74, 6) is -0.426. The highest BCUT2D eigenvalue weighted by molar-refractivity contribution is 7.16. The van der Waals surface area contributed by atoms with E-state index in [0.717, 1.165) is 75.7 Å². The first kappa shape index (κ1) is 32.2. The number of halogens is 1. The topological polar surface area (TPSA) is 103 Å². The van der Waals surface area contributed by atoms with E-state index in [1.165, 1.54) is 4.88 Å². The highest BCUT2D eigenvalue weighted by atomic mass is 35.5. The van der Waals surface area contributed by atoms with E-state index in [4.69, 9.17) is 21.1 Å². The lowest BCUT2D eigenvalue weighted by Gasteiger charge is -2.45. The van der Waals surface area contributed by atoms with Gasteiger partial charge in [-0.25, -0.2) is 0 Å². The summed E-state index contributed by atoms with van der Waals surface area (Å²) in [5, 5.41) is 31.6. The Kier molecular flexibility index (Phi) is 12.7. The second-order valence-corrected chi connectivity index (χ2v) is 13.6. The number of carbonyl (C=O) groups excluding carboxylic acids is 1. The smallest absolute Gasteiger partial charge is 0.305 e. The van der Waals surface area contributed by atoms with E-state index in [0.29, 0.717) is 32.3 Å². The Bertz CT molecular complexity index is 1060. The zero-order valence-electron chi connectivity index (χ0n) is 24.0. The third-order valence-electron chi connectivity index (χ3n) is 9.15. The van der Waals surface area contributed by atoms with Crippen molar-refractivity contribution >= 4 is 28.9 Å². The molecule has 3 aliphatic rings. The largest absolute Gasteiger partial charge is 0.464 e. The van der Waals surface area contributed by atoms with E-state index in [9.17, 15) is 20.3 Å². The molecular formula is C32H45ClN2O5S. The van der Waals surface area contributed by atoms with E-state index in [2.05, 4.69) is 29.2 Å². The number of thiophene rings is 1. The van der Waals surface area contributed by atoms with E-state index >= 15 is 0 Å². The van der Waals surface area contributed by atoms with Crippen molar-refractivity contribution in [2.24, 2.45) is 23.2 Å². The Morgan fingerprint density at radius 3 is 2.78 bits per heavy atom. The fourth-order valence-electron chi connectivity index (χ4n) is 6.47. The normalized spacial score (nSPS) is 27.2. The van der Waals surface area contributed by atoms with Crippen LogP contribution in [0.2, 0.25) is 4.34 Å². The zero-order chi connectivity index (χ0) is 29.1. The summed E-state index contributed by atoms with van der Waals surface area (Å²) in [5.41, 5.74) is -0.0979. The SMILES string of the molecule is N#C[C@@H]1C[C@@H](O)[C@H](C=CCC(O)C2(Cc3ccc(Cl)s3)CCC2)[C@H]1CC=CCCCC(=O)OCCN1CCOCC1. The number of morpholine rings is 1. The summed E-state index contributed by atoms with van der Waals surface area (Å²) in [6.07, 6.45) is 14.8. The van der Waals surface area contributed by atoms with Crippen molar-refractivity contribution in [2.75, 3.05) is 39.5 Å². The van der Waals surface area contributed by atoms with Gasteiger partial charge in [0.1, 0.15) is 6.61 Å². The predicted molar refractivity (Wildman–Crippen MR) is 162 cm³/mol. The molecule has 0 aromatic carbocycles. The number of nitrogens with zero attached hydrogens (tertiary/aromatic N) is 2. The van der Waals surface area contributed by atoms with Crippen LogP contribution in [0.4, 0.5) is 0 Å². The van der Waals surface area contributed by atoms with Crippen LogP contribution in [-0.4, -0.2) is 72.7 Å². The third kappa shape index (κ3) is 9.38. The monoisotopic (exact) mass is 604 g/mol. The lowest BCUT2D eigenvalue weighted by atomic mass is 9.62.